The quantitative estimate of drug-likeness (QED) is 0.724. The number of sulfonamides is 1. The Morgan fingerprint density at radius 1 is 1.21 bits per heavy atom. The van der Waals surface area contributed by atoms with Gasteiger partial charge in [-0.1, -0.05) is 12.2 Å². The van der Waals surface area contributed by atoms with Crippen molar-refractivity contribution in [3.8, 4) is 0 Å². The lowest BCUT2D eigenvalue weighted by molar-refractivity contribution is -0.907. The van der Waals surface area contributed by atoms with Crippen LogP contribution in [0.5, 0.6) is 0 Å². The van der Waals surface area contributed by atoms with Gasteiger partial charge in [0.15, 0.2) is 0 Å². The van der Waals surface area contributed by atoms with Gasteiger partial charge < -0.3 is 4.90 Å². The van der Waals surface area contributed by atoms with Crippen molar-refractivity contribution < 1.29 is 13.3 Å². The highest BCUT2D eigenvalue weighted by Crippen LogP contribution is 2.42. The highest BCUT2D eigenvalue weighted by atomic mass is 32.2. The van der Waals surface area contributed by atoms with Gasteiger partial charge in [0.25, 0.3) is 0 Å². The minimum Gasteiger partial charge on any atom is -0.333 e. The highest BCUT2D eigenvalue weighted by molar-refractivity contribution is 7.89. The Morgan fingerprint density at radius 2 is 1.95 bits per heavy atom. The summed E-state index contributed by atoms with van der Waals surface area (Å²) >= 11 is 0. The molecule has 0 spiro atoms. The van der Waals surface area contributed by atoms with E-state index in [1.54, 1.807) is 16.1 Å². The molecule has 1 N–H and O–H groups in total. The number of nitrogens with one attached hydrogen (secondary N) is 1. The van der Waals surface area contributed by atoms with Gasteiger partial charge in [-0.3, -0.25) is 0 Å². The van der Waals surface area contributed by atoms with Crippen LogP contribution < -0.4 is 4.90 Å². The normalized spacial score (nSPS) is 36.2. The fourth-order valence-corrected chi connectivity index (χ4v) is 5.07. The SMILES string of the molecule is CCS(=O)(=O)N1CC[NH+](C[C@@H]2C[C@@H]3C=C[C@H]2C3)CC1. The Balaban J connectivity index is 1.50. The number of hydrogen-bond acceptors (Lipinski definition) is 2. The molecule has 2 aliphatic carbocycles. The molecule has 3 rings (SSSR count). The van der Waals surface area contributed by atoms with Gasteiger partial charge in [0.05, 0.1) is 38.5 Å². The third-order valence-electron chi connectivity index (χ3n) is 5.15. The van der Waals surface area contributed by atoms with Crippen LogP contribution in [-0.4, -0.2) is 51.2 Å². The maximum Gasteiger partial charge on any atom is 0.214 e. The van der Waals surface area contributed by atoms with E-state index in [1.807, 2.05) is 0 Å². The van der Waals surface area contributed by atoms with E-state index in [4.69, 9.17) is 0 Å². The van der Waals surface area contributed by atoms with Crippen molar-refractivity contribution in [2.24, 2.45) is 17.8 Å². The average molecular weight is 285 g/mol. The van der Waals surface area contributed by atoms with Crippen molar-refractivity contribution in [1.82, 2.24) is 4.31 Å². The van der Waals surface area contributed by atoms with Crippen molar-refractivity contribution >= 4 is 10.0 Å². The number of quaternary nitrogens is 1. The third kappa shape index (κ3) is 2.73. The Hall–Kier alpha value is -0.390. The van der Waals surface area contributed by atoms with E-state index < -0.39 is 10.0 Å². The zero-order chi connectivity index (χ0) is 13.5. The van der Waals surface area contributed by atoms with Crippen LogP contribution in [0.3, 0.4) is 0 Å². The van der Waals surface area contributed by atoms with E-state index in [9.17, 15) is 8.42 Å². The maximum absolute atomic E-state index is 11.8. The Bertz CT molecular complexity index is 452. The molecule has 1 saturated heterocycles. The summed E-state index contributed by atoms with van der Waals surface area (Å²) in [7, 11) is -2.97. The molecule has 108 valence electrons. The molecule has 2 fully saturated rings. The molecule has 2 bridgehead atoms. The molecule has 5 heteroatoms. The first-order valence-electron chi connectivity index (χ1n) is 7.58. The largest absolute Gasteiger partial charge is 0.333 e. The van der Waals surface area contributed by atoms with Crippen LogP contribution in [0.15, 0.2) is 12.2 Å². The molecule has 1 heterocycles. The molecule has 1 saturated carbocycles. The average Bonchev–Trinajstić information content (AvgIpc) is 3.02. The minimum atomic E-state index is -2.97. The van der Waals surface area contributed by atoms with Gasteiger partial charge in [0, 0.05) is 5.92 Å². The number of nitrogens with zero attached hydrogens (tertiary/aromatic N) is 1. The van der Waals surface area contributed by atoms with Gasteiger partial charge in [-0.05, 0) is 31.6 Å². The Kier molecular flexibility index (Phi) is 3.71. The van der Waals surface area contributed by atoms with Crippen molar-refractivity contribution in [2.75, 3.05) is 38.5 Å². The predicted molar refractivity (Wildman–Crippen MR) is 75.4 cm³/mol. The zero-order valence-corrected chi connectivity index (χ0v) is 12.5. The van der Waals surface area contributed by atoms with Gasteiger partial charge in [-0.15, -0.1) is 0 Å². The van der Waals surface area contributed by atoms with Crippen molar-refractivity contribution in [3.05, 3.63) is 12.2 Å². The fourth-order valence-electron chi connectivity index (χ4n) is 3.97. The Labute approximate surface area is 116 Å². The van der Waals surface area contributed by atoms with Crippen molar-refractivity contribution in [3.63, 3.8) is 0 Å². The first-order chi connectivity index (χ1) is 9.08. The van der Waals surface area contributed by atoms with Crippen molar-refractivity contribution in [2.45, 2.75) is 19.8 Å². The lowest BCUT2D eigenvalue weighted by Crippen LogP contribution is -3.15. The molecule has 3 atom stereocenters. The zero-order valence-electron chi connectivity index (χ0n) is 11.7. The van der Waals surface area contributed by atoms with Gasteiger partial charge in [-0.2, -0.15) is 4.31 Å². The second-order valence-corrected chi connectivity index (χ2v) is 8.55. The Morgan fingerprint density at radius 3 is 2.47 bits per heavy atom. The molecule has 3 aliphatic rings. The number of rotatable bonds is 4. The van der Waals surface area contributed by atoms with Crippen LogP contribution in [0.2, 0.25) is 0 Å². The number of hydrogen-bond donors (Lipinski definition) is 1. The van der Waals surface area contributed by atoms with Crippen LogP contribution in [-0.2, 0) is 10.0 Å². The van der Waals surface area contributed by atoms with E-state index in [-0.39, 0.29) is 5.75 Å². The number of allylic oxidation sites excluding steroid dienone is 2. The smallest absolute Gasteiger partial charge is 0.214 e. The molecule has 0 aromatic heterocycles. The first kappa shape index (κ1) is 13.6. The molecular weight excluding hydrogens is 260 g/mol. The molecule has 0 amide bonds. The van der Waals surface area contributed by atoms with Crippen LogP contribution in [0.4, 0.5) is 0 Å². The topological polar surface area (TPSA) is 41.8 Å². The second-order valence-electron chi connectivity index (χ2n) is 6.29. The van der Waals surface area contributed by atoms with Gasteiger partial charge >= 0.3 is 0 Å². The summed E-state index contributed by atoms with van der Waals surface area (Å²) in [4.78, 5) is 1.61. The van der Waals surface area contributed by atoms with Crippen LogP contribution in [0, 0.1) is 17.8 Å². The molecule has 1 aliphatic heterocycles. The molecule has 0 unspecified atom stereocenters. The summed E-state index contributed by atoms with van der Waals surface area (Å²) in [5.41, 5.74) is 0. The number of fused-ring (bicyclic) bond motifs is 2. The predicted octanol–water partition coefficient (Wildman–Crippen LogP) is -0.251. The van der Waals surface area contributed by atoms with Gasteiger partial charge in [0.2, 0.25) is 10.0 Å². The summed E-state index contributed by atoms with van der Waals surface area (Å²) in [6.45, 7) is 6.36. The number of piperazine rings is 1. The highest BCUT2D eigenvalue weighted by Gasteiger charge is 2.38. The van der Waals surface area contributed by atoms with Gasteiger partial charge in [0.1, 0.15) is 0 Å². The molecule has 0 radical (unpaired) electrons. The van der Waals surface area contributed by atoms with E-state index in [0.29, 0.717) is 13.1 Å². The van der Waals surface area contributed by atoms with E-state index in [2.05, 4.69) is 12.2 Å². The van der Waals surface area contributed by atoms with E-state index in [0.717, 1.165) is 30.8 Å². The summed E-state index contributed by atoms with van der Waals surface area (Å²) in [5, 5.41) is 0. The molecule has 19 heavy (non-hydrogen) atoms. The summed E-state index contributed by atoms with van der Waals surface area (Å²) in [6, 6.07) is 0. The van der Waals surface area contributed by atoms with E-state index in [1.165, 1.54) is 19.4 Å². The maximum atomic E-state index is 11.8. The monoisotopic (exact) mass is 285 g/mol. The van der Waals surface area contributed by atoms with E-state index >= 15 is 0 Å². The molecule has 0 aromatic carbocycles. The molecular formula is C14H25N2O2S+. The lowest BCUT2D eigenvalue weighted by Gasteiger charge is -2.33. The summed E-state index contributed by atoms with van der Waals surface area (Å²) in [6.07, 6.45) is 7.54. The van der Waals surface area contributed by atoms with Gasteiger partial charge in [-0.25, -0.2) is 8.42 Å². The minimum absolute atomic E-state index is 0.236. The first-order valence-corrected chi connectivity index (χ1v) is 9.19. The van der Waals surface area contributed by atoms with Crippen molar-refractivity contribution in [1.29, 1.82) is 0 Å². The lowest BCUT2D eigenvalue weighted by atomic mass is 9.93. The summed E-state index contributed by atoms with van der Waals surface area (Å²) < 4.78 is 25.3. The molecule has 0 aromatic rings. The molecule has 4 nitrogen and oxygen atoms in total. The van der Waals surface area contributed by atoms with Crippen LogP contribution >= 0.6 is 0 Å². The second kappa shape index (κ2) is 5.19. The van der Waals surface area contributed by atoms with Crippen LogP contribution in [0.1, 0.15) is 19.8 Å². The summed E-state index contributed by atoms with van der Waals surface area (Å²) in [5.74, 6) is 2.74. The third-order valence-corrected chi connectivity index (χ3v) is 7.04. The standard InChI is InChI=1S/C14H24N2O2S/c1-2-19(17,18)16-7-5-15(6-8-16)11-14-10-12-3-4-13(14)9-12/h3-4,12-14H,2,5-11H2,1H3/p+1/t12-,13+,14+/m1/s1. The fraction of sp³-hybridized carbons (Fsp3) is 0.857. The van der Waals surface area contributed by atoms with Crippen LogP contribution in [0.25, 0.3) is 0 Å².